The molecule has 3 heteroatoms. The Bertz CT molecular complexity index is 10.0. The fourth-order valence-corrected chi connectivity index (χ4v) is 0. The molecule has 0 aliphatic heterocycles. The smallest absolute Gasteiger partial charge is 0.147 e. The first kappa shape index (κ1) is 4.66. The lowest BCUT2D eigenvalue weighted by atomic mass is 11.8. The molecule has 26 valence electrons. The van der Waals surface area contributed by atoms with Gasteiger partial charge in [-0.15, -0.1) is 0 Å². The number of alkyl halides is 1. The van der Waals surface area contributed by atoms with Crippen LogP contribution in [0.5, 0.6) is 0 Å². The zero-order chi connectivity index (χ0) is 3.41. The van der Waals surface area contributed by atoms with Gasteiger partial charge in [0.2, 0.25) is 0 Å². The van der Waals surface area contributed by atoms with E-state index in [0.29, 0.717) is 5.52 Å². The summed E-state index contributed by atoms with van der Waals surface area (Å²) in [6.45, 7) is 0. The van der Waals surface area contributed by atoms with Crippen LogP contribution >= 0.6 is 15.9 Å². The van der Waals surface area contributed by atoms with Crippen molar-refractivity contribution in [2.45, 2.75) is 0 Å². The standard InChI is InChI=1S/CH5BrOSi/c2-1-3-4/h1H2,4H3. The van der Waals surface area contributed by atoms with Crippen molar-refractivity contribution < 1.29 is 4.43 Å². The van der Waals surface area contributed by atoms with Gasteiger partial charge in [0.05, 0.1) is 5.52 Å². The summed E-state index contributed by atoms with van der Waals surface area (Å²) in [5.41, 5.74) is 0.694. The van der Waals surface area contributed by atoms with Crippen molar-refractivity contribution in [2.24, 2.45) is 0 Å². The van der Waals surface area contributed by atoms with Crippen LogP contribution in [0.15, 0.2) is 0 Å². The average Bonchev–Trinajstić information content (AvgIpc) is 1.37. The molecule has 0 aromatic heterocycles. The Morgan fingerprint density at radius 3 is 2.25 bits per heavy atom. The van der Waals surface area contributed by atoms with Crippen LogP contribution in [-0.4, -0.2) is 16.0 Å². The van der Waals surface area contributed by atoms with E-state index in [1.165, 1.54) is 0 Å². The van der Waals surface area contributed by atoms with Gasteiger partial charge in [0.1, 0.15) is 10.5 Å². The first-order chi connectivity index (χ1) is 1.91. The zero-order valence-corrected chi connectivity index (χ0v) is 6.08. The molecule has 0 unspecified atom stereocenters. The van der Waals surface area contributed by atoms with E-state index >= 15 is 0 Å². The van der Waals surface area contributed by atoms with Crippen molar-refractivity contribution in [3.05, 3.63) is 0 Å². The highest BCUT2D eigenvalue weighted by molar-refractivity contribution is 9.09. The second kappa shape index (κ2) is 3.66. The van der Waals surface area contributed by atoms with Crippen LogP contribution in [0.2, 0.25) is 0 Å². The van der Waals surface area contributed by atoms with Crippen LogP contribution in [0.1, 0.15) is 0 Å². The van der Waals surface area contributed by atoms with Gasteiger partial charge in [0, 0.05) is 0 Å². The van der Waals surface area contributed by atoms with Gasteiger partial charge in [-0.25, -0.2) is 0 Å². The molecule has 0 atom stereocenters. The van der Waals surface area contributed by atoms with Crippen LogP contribution in [0, 0.1) is 0 Å². The van der Waals surface area contributed by atoms with Crippen LogP contribution < -0.4 is 0 Å². The summed E-state index contributed by atoms with van der Waals surface area (Å²) >= 11 is 3.06. The zero-order valence-electron chi connectivity index (χ0n) is 2.49. The Morgan fingerprint density at radius 1 is 2.00 bits per heavy atom. The highest BCUT2D eigenvalue weighted by Gasteiger charge is 1.53. The Labute approximate surface area is 37.0 Å². The van der Waals surface area contributed by atoms with Crippen molar-refractivity contribution in [3.63, 3.8) is 0 Å². The average molecular weight is 141 g/mol. The van der Waals surface area contributed by atoms with E-state index in [4.69, 9.17) is 0 Å². The lowest BCUT2D eigenvalue weighted by molar-refractivity contribution is 0.441. The van der Waals surface area contributed by atoms with Gasteiger partial charge in [-0.2, -0.15) is 0 Å². The van der Waals surface area contributed by atoms with Gasteiger partial charge in [0.25, 0.3) is 0 Å². The van der Waals surface area contributed by atoms with Gasteiger partial charge in [-0.3, -0.25) is 0 Å². The largest absolute Gasteiger partial charge is 0.418 e. The van der Waals surface area contributed by atoms with Crippen molar-refractivity contribution in [2.75, 3.05) is 5.52 Å². The summed E-state index contributed by atoms with van der Waals surface area (Å²) in [7, 11) is 0.843. The Kier molecular flexibility index (Phi) is 4.26. The molecule has 0 heterocycles. The maximum absolute atomic E-state index is 4.60. The van der Waals surface area contributed by atoms with Crippen LogP contribution in [-0.2, 0) is 4.43 Å². The van der Waals surface area contributed by atoms with Gasteiger partial charge >= 0.3 is 0 Å². The third kappa shape index (κ3) is 2.66. The van der Waals surface area contributed by atoms with E-state index in [9.17, 15) is 0 Å². The van der Waals surface area contributed by atoms with E-state index in [1.807, 2.05) is 0 Å². The summed E-state index contributed by atoms with van der Waals surface area (Å²) in [5.74, 6) is 0. The first-order valence-corrected chi connectivity index (χ1v) is 2.90. The lowest BCUT2D eigenvalue weighted by Crippen LogP contribution is -1.71. The summed E-state index contributed by atoms with van der Waals surface area (Å²) < 4.78 is 4.60. The van der Waals surface area contributed by atoms with E-state index < -0.39 is 0 Å². The molecule has 0 bridgehead atoms. The highest BCUT2D eigenvalue weighted by Crippen LogP contribution is 1.72. The lowest BCUT2D eigenvalue weighted by Gasteiger charge is -1.75. The van der Waals surface area contributed by atoms with E-state index in [-0.39, 0.29) is 0 Å². The Hall–Kier alpha value is 0.657. The number of rotatable bonds is 1. The molecule has 1 nitrogen and oxygen atoms in total. The third-order valence-corrected chi connectivity index (χ3v) is 1.70. The number of halogens is 1. The normalized spacial score (nSPS) is 8.25. The molecule has 0 aliphatic rings. The van der Waals surface area contributed by atoms with Gasteiger partial charge in [-0.05, 0) is 0 Å². The molecule has 0 amide bonds. The topological polar surface area (TPSA) is 9.23 Å². The maximum Gasteiger partial charge on any atom is 0.147 e. The van der Waals surface area contributed by atoms with E-state index in [2.05, 4.69) is 20.4 Å². The van der Waals surface area contributed by atoms with E-state index in [1.54, 1.807) is 0 Å². The molecule has 4 heavy (non-hydrogen) atoms. The SMILES string of the molecule is [SiH3]OCBr. The minimum Gasteiger partial charge on any atom is -0.418 e. The summed E-state index contributed by atoms with van der Waals surface area (Å²) in [5, 5.41) is 0. The number of hydrogen-bond donors (Lipinski definition) is 0. The Morgan fingerprint density at radius 2 is 2.25 bits per heavy atom. The molecule has 0 aromatic rings. The monoisotopic (exact) mass is 140 g/mol. The van der Waals surface area contributed by atoms with Crippen LogP contribution in [0.4, 0.5) is 0 Å². The molecule has 0 saturated carbocycles. The quantitative estimate of drug-likeness (QED) is 0.357. The molecule has 0 rings (SSSR count). The molecule has 0 aliphatic carbocycles. The second-order valence-corrected chi connectivity index (χ2v) is 1.43. The molecule has 0 aromatic carbocycles. The minimum absolute atomic E-state index is 0.694. The van der Waals surface area contributed by atoms with Gasteiger partial charge < -0.3 is 4.43 Å². The van der Waals surface area contributed by atoms with Crippen LogP contribution in [0.25, 0.3) is 0 Å². The molecular weight excluding hydrogens is 136 g/mol. The first-order valence-electron chi connectivity index (χ1n) is 0.964. The fourth-order valence-electron chi connectivity index (χ4n) is 0. The second-order valence-electron chi connectivity index (χ2n) is 0.398. The summed E-state index contributed by atoms with van der Waals surface area (Å²) in [4.78, 5) is 0. The van der Waals surface area contributed by atoms with Gasteiger partial charge in [-0.1, -0.05) is 15.9 Å². The molecule has 0 N–H and O–H groups in total. The van der Waals surface area contributed by atoms with Crippen molar-refractivity contribution >= 4 is 26.4 Å². The van der Waals surface area contributed by atoms with E-state index in [0.717, 1.165) is 10.5 Å². The van der Waals surface area contributed by atoms with Crippen molar-refractivity contribution in [1.29, 1.82) is 0 Å². The number of hydrogen-bond acceptors (Lipinski definition) is 1. The maximum atomic E-state index is 4.60. The molecule has 0 radical (unpaired) electrons. The molecule has 0 spiro atoms. The molecule has 0 fully saturated rings. The summed E-state index contributed by atoms with van der Waals surface area (Å²) in [6.07, 6.45) is 0. The van der Waals surface area contributed by atoms with Gasteiger partial charge in [0.15, 0.2) is 0 Å². The predicted molar refractivity (Wildman–Crippen MR) is 24.8 cm³/mol. The predicted octanol–water partition coefficient (Wildman–Crippen LogP) is -0.364. The van der Waals surface area contributed by atoms with Crippen LogP contribution in [0.3, 0.4) is 0 Å². The fraction of sp³-hybridized carbons (Fsp3) is 1.00. The third-order valence-electron chi connectivity index (χ3n) is 0.109. The molecule has 0 saturated heterocycles. The molecular formula is CH5BrOSi. The van der Waals surface area contributed by atoms with Crippen molar-refractivity contribution in [1.82, 2.24) is 0 Å². The van der Waals surface area contributed by atoms with Crippen molar-refractivity contribution in [3.8, 4) is 0 Å². The Balaban J connectivity index is 1.97. The minimum atomic E-state index is 0.694. The summed E-state index contributed by atoms with van der Waals surface area (Å²) in [6, 6.07) is 0. The highest BCUT2D eigenvalue weighted by atomic mass is 79.9.